The zero-order valence-electron chi connectivity index (χ0n) is 14.4. The van der Waals surface area contributed by atoms with Crippen molar-refractivity contribution in [2.75, 3.05) is 13.1 Å². The van der Waals surface area contributed by atoms with Crippen molar-refractivity contribution in [3.8, 4) is 0 Å². The summed E-state index contributed by atoms with van der Waals surface area (Å²) in [4.78, 5) is 31.6. The fourth-order valence-corrected chi connectivity index (χ4v) is 3.83. The molecule has 1 saturated heterocycles. The van der Waals surface area contributed by atoms with Crippen LogP contribution < -0.4 is 5.32 Å². The van der Waals surface area contributed by atoms with Gasteiger partial charge in [-0.25, -0.2) is 0 Å². The average Bonchev–Trinajstić information content (AvgIpc) is 2.99. The first-order valence-electron chi connectivity index (χ1n) is 8.70. The molecule has 0 atom stereocenters. The van der Waals surface area contributed by atoms with Gasteiger partial charge in [-0.15, -0.1) is 0 Å². The molecule has 1 N–H and O–H groups in total. The molecule has 5 nitrogen and oxygen atoms in total. The van der Waals surface area contributed by atoms with Crippen molar-refractivity contribution in [1.29, 1.82) is 0 Å². The lowest BCUT2D eigenvalue weighted by Gasteiger charge is -2.37. The van der Waals surface area contributed by atoms with E-state index in [9.17, 15) is 9.59 Å². The maximum Gasteiger partial charge on any atom is 0.272 e. The minimum absolute atomic E-state index is 0.0957. The lowest BCUT2D eigenvalue weighted by Crippen LogP contribution is -2.52. The molecule has 1 fully saturated rings. The van der Waals surface area contributed by atoms with Gasteiger partial charge in [0, 0.05) is 36.5 Å². The van der Waals surface area contributed by atoms with E-state index in [1.54, 1.807) is 53.4 Å². The summed E-state index contributed by atoms with van der Waals surface area (Å²) in [5, 5.41) is 4.06. The lowest BCUT2D eigenvalue weighted by atomic mass is 9.97. The van der Waals surface area contributed by atoms with Gasteiger partial charge in [-0.2, -0.15) is 0 Å². The van der Waals surface area contributed by atoms with Crippen LogP contribution in [0.4, 0.5) is 0 Å². The van der Waals surface area contributed by atoms with E-state index in [4.69, 9.17) is 28.2 Å². The Bertz CT molecular complexity index is 932. The largest absolute Gasteiger partial charge is 0.338 e. The molecular formula is C20H17Cl2N3O2. The first-order chi connectivity index (χ1) is 13.0. The zero-order chi connectivity index (χ0) is 19.0. The highest BCUT2D eigenvalue weighted by atomic mass is 35.5. The van der Waals surface area contributed by atoms with Crippen LogP contribution in [-0.2, 0) is 4.79 Å². The molecule has 7 heteroatoms. The van der Waals surface area contributed by atoms with Crippen LogP contribution in [-0.4, -0.2) is 41.2 Å². The maximum absolute atomic E-state index is 12.7. The zero-order valence-corrected chi connectivity index (χ0v) is 15.9. The molecule has 4 rings (SSSR count). The van der Waals surface area contributed by atoms with Crippen molar-refractivity contribution >= 4 is 40.7 Å². The summed E-state index contributed by atoms with van der Waals surface area (Å²) >= 11 is 12.1. The fraction of sp³-hybridized carbons (Fsp3) is 0.250. The van der Waals surface area contributed by atoms with Gasteiger partial charge >= 0.3 is 0 Å². The van der Waals surface area contributed by atoms with Crippen LogP contribution in [0.3, 0.4) is 0 Å². The van der Waals surface area contributed by atoms with E-state index in [0.29, 0.717) is 47.3 Å². The van der Waals surface area contributed by atoms with Crippen LogP contribution in [0.1, 0.15) is 28.8 Å². The number of piperidine rings is 1. The maximum atomic E-state index is 12.7. The van der Waals surface area contributed by atoms with E-state index in [1.165, 1.54) is 0 Å². The van der Waals surface area contributed by atoms with E-state index in [0.717, 1.165) is 5.56 Å². The Morgan fingerprint density at radius 3 is 2.37 bits per heavy atom. The lowest BCUT2D eigenvalue weighted by molar-refractivity contribution is -0.115. The number of rotatable bonds is 2. The first kappa shape index (κ1) is 18.0. The van der Waals surface area contributed by atoms with E-state index < -0.39 is 5.66 Å². The second-order valence-corrected chi connectivity index (χ2v) is 7.57. The molecule has 0 bridgehead atoms. The minimum Gasteiger partial charge on any atom is -0.338 e. The summed E-state index contributed by atoms with van der Waals surface area (Å²) in [5.74, 6) is -0.287. The molecule has 27 heavy (non-hydrogen) atoms. The Hall–Kier alpha value is -2.37. The van der Waals surface area contributed by atoms with Crippen LogP contribution in [0, 0.1) is 0 Å². The van der Waals surface area contributed by atoms with Crippen LogP contribution in [0.2, 0.25) is 10.0 Å². The molecule has 2 aromatic rings. The smallest absolute Gasteiger partial charge is 0.272 e. The van der Waals surface area contributed by atoms with Gasteiger partial charge in [0.2, 0.25) is 0 Å². The molecule has 2 aromatic carbocycles. The second-order valence-electron chi connectivity index (χ2n) is 6.73. The van der Waals surface area contributed by atoms with Gasteiger partial charge in [-0.1, -0.05) is 47.5 Å². The van der Waals surface area contributed by atoms with Gasteiger partial charge in [-0.3, -0.25) is 14.6 Å². The normalized spacial score (nSPS) is 18.4. The molecule has 0 aliphatic carbocycles. The Labute approximate surface area is 167 Å². The summed E-state index contributed by atoms with van der Waals surface area (Å²) < 4.78 is 0. The number of hydrogen-bond acceptors (Lipinski definition) is 3. The Morgan fingerprint density at radius 2 is 1.70 bits per heavy atom. The van der Waals surface area contributed by atoms with E-state index in [2.05, 4.69) is 5.32 Å². The third-order valence-electron chi connectivity index (χ3n) is 4.99. The van der Waals surface area contributed by atoms with Gasteiger partial charge < -0.3 is 10.2 Å². The van der Waals surface area contributed by atoms with Crippen LogP contribution in [0.15, 0.2) is 53.5 Å². The van der Waals surface area contributed by atoms with E-state index in [-0.39, 0.29) is 11.8 Å². The quantitative estimate of drug-likeness (QED) is 0.835. The van der Waals surface area contributed by atoms with Crippen molar-refractivity contribution in [1.82, 2.24) is 10.2 Å². The molecule has 2 amide bonds. The van der Waals surface area contributed by atoms with Crippen molar-refractivity contribution < 1.29 is 9.59 Å². The molecule has 1 spiro atoms. The number of aliphatic imine (C=N–C) groups is 1. The summed E-state index contributed by atoms with van der Waals surface area (Å²) in [7, 11) is 0. The monoisotopic (exact) mass is 401 g/mol. The number of halogens is 2. The molecule has 2 aliphatic heterocycles. The fourth-order valence-electron chi connectivity index (χ4n) is 3.49. The number of carbonyl (C=O) groups excluding carboxylic acids is 2. The summed E-state index contributed by atoms with van der Waals surface area (Å²) in [6, 6.07) is 14.1. The highest BCUT2D eigenvalue weighted by Gasteiger charge is 2.43. The molecule has 0 radical (unpaired) electrons. The molecule has 2 aliphatic rings. The molecule has 0 saturated carbocycles. The van der Waals surface area contributed by atoms with Crippen molar-refractivity contribution in [3.05, 3.63) is 69.7 Å². The Morgan fingerprint density at radius 1 is 1.04 bits per heavy atom. The average molecular weight is 402 g/mol. The van der Waals surface area contributed by atoms with E-state index >= 15 is 0 Å². The molecule has 0 unspecified atom stereocenters. The minimum atomic E-state index is -0.649. The van der Waals surface area contributed by atoms with Crippen LogP contribution >= 0.6 is 23.2 Å². The van der Waals surface area contributed by atoms with Gasteiger partial charge in [0.05, 0.1) is 10.6 Å². The number of hydrogen-bond donors (Lipinski definition) is 1. The van der Waals surface area contributed by atoms with Crippen molar-refractivity contribution in [2.24, 2.45) is 4.99 Å². The third kappa shape index (κ3) is 3.45. The molecule has 2 heterocycles. The standard InChI is InChI=1S/C20H17Cl2N3O2/c21-14-7-5-13(6-8-14)17-18(26)24-20(23-17)9-11-25(12-10-20)19(27)15-3-1-2-4-16(15)22/h1-8H,9-12H2,(H,24,26). The number of amides is 2. The number of benzene rings is 2. The predicted octanol–water partition coefficient (Wildman–Crippen LogP) is 3.54. The van der Waals surface area contributed by atoms with Crippen LogP contribution in [0.5, 0.6) is 0 Å². The van der Waals surface area contributed by atoms with Gasteiger partial charge in [0.25, 0.3) is 11.8 Å². The number of nitrogens with zero attached hydrogens (tertiary/aromatic N) is 2. The number of likely N-dealkylation sites (tertiary alicyclic amines) is 1. The van der Waals surface area contributed by atoms with Crippen LogP contribution in [0.25, 0.3) is 0 Å². The number of nitrogens with one attached hydrogen (secondary N) is 1. The Balaban J connectivity index is 1.50. The molecule has 0 aromatic heterocycles. The first-order valence-corrected chi connectivity index (χ1v) is 9.45. The van der Waals surface area contributed by atoms with Crippen molar-refractivity contribution in [2.45, 2.75) is 18.5 Å². The summed E-state index contributed by atoms with van der Waals surface area (Å²) in [6.07, 6.45) is 1.12. The molecule has 138 valence electrons. The summed E-state index contributed by atoms with van der Waals surface area (Å²) in [5.41, 5.74) is 1.00. The van der Waals surface area contributed by atoms with E-state index in [1.807, 2.05) is 0 Å². The highest BCUT2D eigenvalue weighted by Crippen LogP contribution is 2.30. The SMILES string of the molecule is O=C1NC2(CCN(C(=O)c3ccccc3Cl)CC2)N=C1c1ccc(Cl)cc1. The summed E-state index contributed by atoms with van der Waals surface area (Å²) in [6.45, 7) is 1.00. The predicted molar refractivity (Wildman–Crippen MR) is 105 cm³/mol. The molecular weight excluding hydrogens is 385 g/mol. The highest BCUT2D eigenvalue weighted by molar-refractivity contribution is 6.47. The van der Waals surface area contributed by atoms with Gasteiger partial charge in [0.15, 0.2) is 0 Å². The Kier molecular flexibility index (Phi) is 4.66. The van der Waals surface area contributed by atoms with Gasteiger partial charge in [-0.05, 0) is 24.3 Å². The number of carbonyl (C=O) groups is 2. The van der Waals surface area contributed by atoms with Gasteiger partial charge in [0.1, 0.15) is 11.4 Å². The second kappa shape index (κ2) is 6.98. The topological polar surface area (TPSA) is 61.8 Å². The van der Waals surface area contributed by atoms with Crippen molar-refractivity contribution in [3.63, 3.8) is 0 Å². The third-order valence-corrected chi connectivity index (χ3v) is 5.57.